The minimum atomic E-state index is -1.23. The molecule has 3 N–H and O–H groups in total. The molecule has 0 radical (unpaired) electrons. The molecule has 0 aromatic carbocycles. The van der Waals surface area contributed by atoms with Gasteiger partial charge in [-0.05, 0) is 11.6 Å². The molecule has 0 aliphatic heterocycles. The molecule has 0 bridgehead atoms. The molecule has 2 aromatic rings. The fourth-order valence-electron chi connectivity index (χ4n) is 1.62. The number of carboxylic acid groups (broad SMARTS) is 1. The predicted octanol–water partition coefficient (Wildman–Crippen LogP) is 0.483. The Hall–Kier alpha value is -2.41. The number of carboxylic acids is 1. The number of rotatable bonds is 3. The van der Waals surface area contributed by atoms with Crippen LogP contribution in [-0.4, -0.2) is 31.5 Å². The highest BCUT2D eigenvalue weighted by Crippen LogP contribution is 2.19. The van der Waals surface area contributed by atoms with Crippen LogP contribution >= 0.6 is 0 Å². The summed E-state index contributed by atoms with van der Waals surface area (Å²) in [6, 6.07) is 3.20. The number of anilines is 1. The molecule has 0 fully saturated rings. The molecular formula is C11H11N3O4. The lowest BCUT2D eigenvalue weighted by molar-refractivity contribution is -0.114. The predicted molar refractivity (Wildman–Crippen MR) is 62.4 cm³/mol. The number of amides is 1. The molecule has 7 nitrogen and oxygen atoms in total. The van der Waals surface area contributed by atoms with Crippen molar-refractivity contribution in [2.45, 2.75) is 13.5 Å². The van der Waals surface area contributed by atoms with Crippen LogP contribution < -0.4 is 5.32 Å². The van der Waals surface area contributed by atoms with E-state index in [0.29, 0.717) is 11.2 Å². The first-order chi connectivity index (χ1) is 8.52. The smallest absolute Gasteiger partial charge is 0.358 e. The lowest BCUT2D eigenvalue weighted by Gasteiger charge is -2.04. The van der Waals surface area contributed by atoms with Gasteiger partial charge in [-0.3, -0.25) is 9.20 Å². The minimum Gasteiger partial charge on any atom is -0.476 e. The van der Waals surface area contributed by atoms with E-state index < -0.39 is 11.9 Å². The van der Waals surface area contributed by atoms with Crippen molar-refractivity contribution in [1.82, 2.24) is 9.38 Å². The number of aromatic carboxylic acids is 1. The van der Waals surface area contributed by atoms with Crippen LogP contribution in [0.5, 0.6) is 0 Å². The summed E-state index contributed by atoms with van der Waals surface area (Å²) in [7, 11) is 0. The van der Waals surface area contributed by atoms with Gasteiger partial charge in [0.25, 0.3) is 0 Å². The van der Waals surface area contributed by atoms with Crippen molar-refractivity contribution in [3.05, 3.63) is 29.6 Å². The fraction of sp³-hybridized carbons (Fsp3) is 0.182. The molecule has 0 spiro atoms. The average molecular weight is 249 g/mol. The number of fused-ring (bicyclic) bond motifs is 1. The summed E-state index contributed by atoms with van der Waals surface area (Å²) in [5.41, 5.74) is 0.733. The van der Waals surface area contributed by atoms with Gasteiger partial charge < -0.3 is 15.5 Å². The summed E-state index contributed by atoms with van der Waals surface area (Å²) in [4.78, 5) is 26.0. The molecule has 18 heavy (non-hydrogen) atoms. The Morgan fingerprint density at radius 3 is 2.72 bits per heavy atom. The van der Waals surface area contributed by atoms with Crippen LogP contribution in [0.25, 0.3) is 5.65 Å². The van der Waals surface area contributed by atoms with Crippen molar-refractivity contribution in [3.63, 3.8) is 0 Å². The molecule has 0 aliphatic rings. The second-order valence-electron chi connectivity index (χ2n) is 3.72. The molecule has 2 rings (SSSR count). The highest BCUT2D eigenvalue weighted by atomic mass is 16.4. The quantitative estimate of drug-likeness (QED) is 0.734. The van der Waals surface area contributed by atoms with Crippen molar-refractivity contribution in [3.8, 4) is 0 Å². The lowest BCUT2D eigenvalue weighted by Crippen LogP contribution is -2.12. The van der Waals surface area contributed by atoms with E-state index in [-0.39, 0.29) is 18.1 Å². The highest BCUT2D eigenvalue weighted by molar-refractivity contribution is 5.98. The molecule has 2 heterocycles. The van der Waals surface area contributed by atoms with Crippen LogP contribution in [-0.2, 0) is 11.4 Å². The monoisotopic (exact) mass is 249 g/mol. The summed E-state index contributed by atoms with van der Waals surface area (Å²) >= 11 is 0. The number of pyridine rings is 1. The van der Waals surface area contributed by atoms with Gasteiger partial charge in [-0.2, -0.15) is 0 Å². The normalized spacial score (nSPS) is 10.6. The zero-order valence-electron chi connectivity index (χ0n) is 9.54. The van der Waals surface area contributed by atoms with Gasteiger partial charge in [0.1, 0.15) is 5.65 Å². The minimum absolute atomic E-state index is 0.0836. The summed E-state index contributed by atoms with van der Waals surface area (Å²) in [5.74, 6) is -1.54. The molecule has 0 aliphatic carbocycles. The number of hydrogen-bond donors (Lipinski definition) is 3. The van der Waals surface area contributed by atoms with Crippen molar-refractivity contribution in [2.24, 2.45) is 0 Å². The van der Waals surface area contributed by atoms with Gasteiger partial charge in [0.15, 0.2) is 11.5 Å². The number of imidazole rings is 1. The zero-order chi connectivity index (χ0) is 13.3. The average Bonchev–Trinajstić information content (AvgIpc) is 2.67. The van der Waals surface area contributed by atoms with E-state index in [4.69, 9.17) is 10.2 Å². The number of aromatic nitrogens is 2. The first kappa shape index (κ1) is 12.1. The summed E-state index contributed by atoms with van der Waals surface area (Å²) in [5, 5.41) is 20.5. The van der Waals surface area contributed by atoms with Crippen LogP contribution in [0.3, 0.4) is 0 Å². The highest BCUT2D eigenvalue weighted by Gasteiger charge is 2.19. The Morgan fingerprint density at radius 2 is 2.17 bits per heavy atom. The van der Waals surface area contributed by atoms with Gasteiger partial charge in [0.2, 0.25) is 5.91 Å². The van der Waals surface area contributed by atoms with Gasteiger partial charge in [0, 0.05) is 13.1 Å². The Kier molecular flexibility index (Phi) is 2.99. The molecular weight excluding hydrogens is 238 g/mol. The number of aliphatic hydroxyl groups excluding tert-OH is 1. The number of carbonyl (C=O) groups is 2. The Balaban J connectivity index is 2.69. The van der Waals surface area contributed by atoms with Gasteiger partial charge in [-0.25, -0.2) is 9.78 Å². The lowest BCUT2D eigenvalue weighted by atomic mass is 10.3. The molecule has 94 valence electrons. The number of aliphatic hydroxyl groups is 1. The van der Waals surface area contributed by atoms with Crippen molar-refractivity contribution in [2.75, 3.05) is 5.32 Å². The van der Waals surface area contributed by atoms with Gasteiger partial charge in [0.05, 0.1) is 6.61 Å². The summed E-state index contributed by atoms with van der Waals surface area (Å²) < 4.78 is 1.43. The molecule has 1 amide bonds. The van der Waals surface area contributed by atoms with Crippen molar-refractivity contribution < 1.29 is 19.8 Å². The first-order valence-electron chi connectivity index (χ1n) is 5.15. The van der Waals surface area contributed by atoms with E-state index >= 15 is 0 Å². The van der Waals surface area contributed by atoms with E-state index in [1.165, 1.54) is 17.5 Å². The third-order valence-electron chi connectivity index (χ3n) is 2.36. The van der Waals surface area contributed by atoms with E-state index in [0.717, 1.165) is 0 Å². The largest absolute Gasteiger partial charge is 0.476 e. The maximum atomic E-state index is 11.1. The number of nitrogens with zero attached hydrogens (tertiary/aromatic N) is 2. The molecule has 0 atom stereocenters. The van der Waals surface area contributed by atoms with E-state index in [9.17, 15) is 9.59 Å². The third-order valence-corrected chi connectivity index (χ3v) is 2.36. The Morgan fingerprint density at radius 1 is 1.44 bits per heavy atom. The van der Waals surface area contributed by atoms with Gasteiger partial charge >= 0.3 is 5.97 Å². The van der Waals surface area contributed by atoms with Crippen LogP contribution in [0.4, 0.5) is 5.82 Å². The van der Waals surface area contributed by atoms with Crippen LogP contribution in [0.1, 0.15) is 23.0 Å². The summed E-state index contributed by atoms with van der Waals surface area (Å²) in [6.45, 7) is 1.09. The number of hydrogen-bond acceptors (Lipinski definition) is 4. The number of nitrogens with one attached hydrogen (secondary N) is 1. The van der Waals surface area contributed by atoms with Gasteiger partial charge in [-0.1, -0.05) is 6.07 Å². The fourth-order valence-corrected chi connectivity index (χ4v) is 1.62. The number of carbonyl (C=O) groups excluding carboxylic acids is 1. The van der Waals surface area contributed by atoms with E-state index in [1.807, 2.05) is 0 Å². The molecule has 7 heteroatoms. The molecule has 0 saturated heterocycles. The van der Waals surface area contributed by atoms with Crippen molar-refractivity contribution >= 4 is 23.3 Å². The second kappa shape index (κ2) is 4.46. The van der Waals surface area contributed by atoms with Crippen molar-refractivity contribution in [1.29, 1.82) is 0 Å². The third kappa shape index (κ3) is 2.03. The van der Waals surface area contributed by atoms with Gasteiger partial charge in [-0.15, -0.1) is 0 Å². The standard InChI is InChI=1S/C11H11N3O4/c1-6(16)12-10-9(11(17)18)13-8-3-2-7(5-15)4-14(8)10/h2-4,15H,5H2,1H3,(H,12,16)(H,17,18). The van der Waals surface area contributed by atoms with Crippen LogP contribution in [0, 0.1) is 0 Å². The zero-order valence-corrected chi connectivity index (χ0v) is 9.54. The Bertz CT molecular complexity index is 632. The molecule has 0 saturated carbocycles. The maximum absolute atomic E-state index is 11.1. The van der Waals surface area contributed by atoms with E-state index in [1.54, 1.807) is 12.1 Å². The Labute approximate surface area is 102 Å². The maximum Gasteiger partial charge on any atom is 0.358 e. The SMILES string of the molecule is CC(=O)Nc1c(C(=O)O)nc2ccc(CO)cn12. The summed E-state index contributed by atoms with van der Waals surface area (Å²) in [6.07, 6.45) is 1.53. The molecule has 0 unspecified atom stereocenters. The van der Waals surface area contributed by atoms with E-state index in [2.05, 4.69) is 10.3 Å². The topological polar surface area (TPSA) is 104 Å². The second-order valence-corrected chi connectivity index (χ2v) is 3.72. The van der Waals surface area contributed by atoms with Crippen LogP contribution in [0.2, 0.25) is 0 Å². The van der Waals surface area contributed by atoms with Crippen LogP contribution in [0.15, 0.2) is 18.3 Å². The molecule has 2 aromatic heterocycles. The first-order valence-corrected chi connectivity index (χ1v) is 5.15.